The van der Waals surface area contributed by atoms with E-state index in [9.17, 15) is 118 Å². The Hall–Kier alpha value is -10.4. The topological polar surface area (TPSA) is 642 Å². The number of ether oxygens (including phenoxy) is 1. The lowest BCUT2D eigenvalue weighted by Gasteiger charge is -2.13. The van der Waals surface area contributed by atoms with Crippen LogP contribution in [0.15, 0.2) is 166 Å². The number of nitro benzene ring substituents is 2. The number of hydrogen-bond donors (Lipinski definition) is 10. The summed E-state index contributed by atoms with van der Waals surface area (Å²) in [6, 6.07) is 9.96. The van der Waals surface area contributed by atoms with E-state index in [1.165, 1.54) is 0 Å². The third-order valence-corrected chi connectivity index (χ3v) is 16.9. The Bertz CT molecular complexity index is 5330. The van der Waals surface area contributed by atoms with Gasteiger partial charge < -0.3 is 20.7 Å². The summed E-state index contributed by atoms with van der Waals surface area (Å²) in [6.45, 7) is -0.253. The highest BCUT2D eigenvalue weighted by Crippen LogP contribution is 2.49. The van der Waals surface area contributed by atoms with Crippen molar-refractivity contribution in [2.24, 2.45) is 40.9 Å². The Morgan fingerprint density at radius 1 is 0.511 bits per heavy atom. The number of phenolic OH excluding ortho intramolecular Hbond substituents is 2. The number of nitrogens with two attached hydrogens (primary N) is 1. The predicted molar refractivity (Wildman–Crippen MR) is 291 cm³/mol. The summed E-state index contributed by atoms with van der Waals surface area (Å²) in [5.41, 5.74) is -6.43. The van der Waals surface area contributed by atoms with E-state index >= 15 is 0 Å². The van der Waals surface area contributed by atoms with Gasteiger partial charge in [-0.2, -0.15) is 55.6 Å². The van der Waals surface area contributed by atoms with E-state index in [0.29, 0.717) is 28.9 Å². The number of azo groups is 4. The number of carbonyl (C=O) groups excluding carboxylic acids is 1. The van der Waals surface area contributed by atoms with Crippen LogP contribution in [0.5, 0.6) is 17.4 Å². The van der Waals surface area contributed by atoms with E-state index in [-0.39, 0.29) is 24.3 Å². The van der Waals surface area contributed by atoms with Gasteiger partial charge in [-0.3, -0.25) is 62.2 Å². The van der Waals surface area contributed by atoms with Gasteiger partial charge in [0.15, 0.2) is 17.2 Å². The smallest absolute Gasteiger partial charge is 0.303 e. The standard InChI is InChI=1S/C42H27N13O27S6/c43-34-27(15-29(84(67,68)69)22-7-9-25(39(58)33(22)34)46-45-24-8-3-19(54(60)61)13-30(24)85(70,71)72)48-47-26-10-6-21-23(40(26)88(79,80)81)14-32(87(76,77)78)36(38(21)57)50-44-17-11-28(55(62)63)35(31(12-17)86(73,74)75)49-51-37-41(82-16-56)52-53(42(37)59)18-1-4-20(5-2-18)83(64,65)66/h1-16,52,57-58H,43H2,(H,64,65,66)(H,67,68,69)(H,70,71,72)(H,73,74,75)(H,76,77,78)(H,79,80,81). The molecule has 0 unspecified atom stereocenters. The molecule has 11 N–H and O–H groups in total. The number of nitrogens with one attached hydrogen (secondary N) is 1. The third-order valence-electron chi connectivity index (χ3n) is 11.6. The number of carbonyl (C=O) groups is 1. The van der Waals surface area contributed by atoms with Crippen molar-refractivity contribution < 1.29 is 107 Å². The molecule has 0 atom stereocenters. The first-order valence-corrected chi connectivity index (χ1v) is 31.0. The van der Waals surface area contributed by atoms with Gasteiger partial charge in [0.25, 0.3) is 78.6 Å². The van der Waals surface area contributed by atoms with Gasteiger partial charge in [0.1, 0.15) is 52.9 Å². The number of rotatable bonds is 19. The lowest BCUT2D eigenvalue weighted by molar-refractivity contribution is -0.385. The van der Waals surface area contributed by atoms with Crippen molar-refractivity contribution >= 4 is 151 Å². The molecule has 0 aliphatic heterocycles. The Balaban J connectivity index is 1.23. The number of non-ortho nitro benzene ring substituents is 1. The second-order valence-electron chi connectivity index (χ2n) is 17.0. The summed E-state index contributed by atoms with van der Waals surface area (Å²) in [6.07, 6.45) is 0. The second-order valence-corrected chi connectivity index (χ2v) is 25.4. The Morgan fingerprint density at radius 3 is 1.61 bits per heavy atom. The number of nitro groups is 2. The monoisotopic (exact) mass is 1340 g/mol. The molecule has 0 spiro atoms. The van der Waals surface area contributed by atoms with Crippen molar-refractivity contribution in [3.63, 3.8) is 0 Å². The van der Waals surface area contributed by atoms with Crippen LogP contribution in [0.4, 0.5) is 62.6 Å². The van der Waals surface area contributed by atoms with Gasteiger partial charge in [0, 0.05) is 34.4 Å². The number of nitrogens with zero attached hydrogens (tertiary/aromatic N) is 11. The minimum Gasteiger partial charge on any atom is -0.505 e. The van der Waals surface area contributed by atoms with Crippen LogP contribution in [0, 0.1) is 20.2 Å². The van der Waals surface area contributed by atoms with Gasteiger partial charge in [-0.15, -0.1) is 35.8 Å². The summed E-state index contributed by atoms with van der Waals surface area (Å²) in [7, 11) is -32.6. The minimum atomic E-state index is -5.81. The lowest BCUT2D eigenvalue weighted by Crippen LogP contribution is -2.14. The first kappa shape index (κ1) is 63.6. The predicted octanol–water partition coefficient (Wildman–Crippen LogP) is 6.96. The van der Waals surface area contributed by atoms with Crippen molar-refractivity contribution in [1.82, 2.24) is 9.78 Å². The molecular formula is C42H27N13O27S6. The van der Waals surface area contributed by atoms with Gasteiger partial charge in [-0.25, -0.2) is 4.68 Å². The summed E-state index contributed by atoms with van der Waals surface area (Å²) in [4.78, 5) is 38.5. The number of aromatic amines is 1. The third kappa shape index (κ3) is 12.8. The Kier molecular flexibility index (Phi) is 16.5. The van der Waals surface area contributed by atoms with Crippen LogP contribution < -0.4 is 16.0 Å². The summed E-state index contributed by atoms with van der Waals surface area (Å²) in [5.74, 6) is -3.42. The number of fused-ring (bicyclic) bond motifs is 2. The maximum absolute atomic E-state index is 13.4. The van der Waals surface area contributed by atoms with E-state index in [4.69, 9.17) is 5.73 Å². The minimum absolute atomic E-state index is 0.222. The van der Waals surface area contributed by atoms with E-state index in [1.807, 2.05) is 0 Å². The van der Waals surface area contributed by atoms with E-state index in [2.05, 4.69) is 50.7 Å². The molecule has 46 heteroatoms. The summed E-state index contributed by atoms with van der Waals surface area (Å²) >= 11 is 0. The molecule has 8 rings (SSSR count). The first-order chi connectivity index (χ1) is 40.7. The fourth-order valence-corrected chi connectivity index (χ4v) is 11.8. The number of anilines is 1. The number of phenols is 2. The van der Waals surface area contributed by atoms with Crippen molar-refractivity contribution in [3.05, 3.63) is 122 Å². The number of nitrogen functional groups attached to an aromatic ring is 1. The van der Waals surface area contributed by atoms with E-state index in [0.717, 1.165) is 54.6 Å². The first-order valence-electron chi connectivity index (χ1n) is 22.3. The number of hydrogen-bond acceptors (Lipinski definition) is 30. The average Bonchev–Trinajstić information content (AvgIpc) is 0.948. The highest BCUT2D eigenvalue weighted by Gasteiger charge is 2.32. The van der Waals surface area contributed by atoms with Crippen molar-refractivity contribution in [3.8, 4) is 23.1 Å². The van der Waals surface area contributed by atoms with Crippen LogP contribution in [-0.4, -0.2) is 114 Å². The fourth-order valence-electron chi connectivity index (χ4n) is 7.84. The van der Waals surface area contributed by atoms with Gasteiger partial charge in [-0.05, 0) is 66.7 Å². The van der Waals surface area contributed by atoms with E-state index < -0.39 is 207 Å². The van der Waals surface area contributed by atoms with Crippen LogP contribution >= 0.6 is 0 Å². The molecule has 88 heavy (non-hydrogen) atoms. The molecule has 0 aliphatic carbocycles. The van der Waals surface area contributed by atoms with Gasteiger partial charge in [0.05, 0.1) is 37.2 Å². The maximum atomic E-state index is 13.4. The molecule has 40 nitrogen and oxygen atoms in total. The van der Waals surface area contributed by atoms with Crippen LogP contribution in [0.2, 0.25) is 0 Å². The average molecular weight is 1340 g/mol. The maximum Gasteiger partial charge on any atom is 0.303 e. The zero-order chi connectivity index (χ0) is 65.1. The molecule has 0 amide bonds. The molecule has 0 saturated heterocycles. The summed E-state index contributed by atoms with van der Waals surface area (Å²) in [5, 5.41) is 73.8. The molecule has 1 heterocycles. The molecule has 1 aromatic heterocycles. The molecule has 458 valence electrons. The number of benzene rings is 7. The van der Waals surface area contributed by atoms with Crippen LogP contribution in [-0.2, 0) is 65.5 Å². The SMILES string of the molecule is Nc1c(N=Nc2ccc3c(O)c(N=Nc4cc([N+](=O)[O-])c(N=Nc5c(OC=O)[nH]n(-c6ccc(S(=O)(=O)O)cc6)c5=O)c(S(=O)(=O)O)c4)c(S(=O)(=O)O)cc3c2S(=O)(=O)O)cc(S(=O)(=O)O)c2ccc(N=Nc3ccc([N+](=O)[O-])cc3S(=O)(=O)O)c(O)c12. The molecule has 7 aromatic carbocycles. The highest BCUT2D eigenvalue weighted by molar-refractivity contribution is 7.87. The fraction of sp³-hybridized carbons (Fsp3) is 0. The van der Waals surface area contributed by atoms with Crippen LogP contribution in [0.1, 0.15) is 0 Å². The number of aromatic nitrogens is 2. The molecule has 0 saturated carbocycles. The quantitative estimate of drug-likeness (QED) is 0.00976. The number of aromatic hydroxyl groups is 2. The molecular weight excluding hydrogens is 1310 g/mol. The molecule has 0 radical (unpaired) electrons. The number of H-pyrrole nitrogens is 1. The zero-order valence-electron chi connectivity index (χ0n) is 42.0. The Labute approximate surface area is 486 Å². The zero-order valence-corrected chi connectivity index (χ0v) is 46.9. The van der Waals surface area contributed by atoms with Crippen molar-refractivity contribution in [2.45, 2.75) is 29.4 Å². The largest absolute Gasteiger partial charge is 0.505 e. The second kappa shape index (κ2) is 22.8. The van der Waals surface area contributed by atoms with Crippen LogP contribution in [0.25, 0.3) is 27.2 Å². The Morgan fingerprint density at radius 2 is 1.05 bits per heavy atom. The van der Waals surface area contributed by atoms with Gasteiger partial charge in [-0.1, -0.05) is 6.07 Å². The lowest BCUT2D eigenvalue weighted by atomic mass is 10.1. The molecule has 8 aromatic rings. The van der Waals surface area contributed by atoms with Crippen molar-refractivity contribution in [2.75, 3.05) is 5.73 Å². The van der Waals surface area contributed by atoms with Crippen molar-refractivity contribution in [1.29, 1.82) is 0 Å². The van der Waals surface area contributed by atoms with Gasteiger partial charge >= 0.3 is 5.56 Å². The van der Waals surface area contributed by atoms with Gasteiger partial charge in [0.2, 0.25) is 11.6 Å². The summed E-state index contributed by atoms with van der Waals surface area (Å²) < 4.78 is 215. The molecule has 0 fully saturated rings. The molecule has 0 aliphatic rings. The highest BCUT2D eigenvalue weighted by atomic mass is 32.2. The normalized spacial score (nSPS) is 13.0. The van der Waals surface area contributed by atoms with Crippen LogP contribution in [0.3, 0.4) is 0 Å². The molecule has 0 bridgehead atoms. The van der Waals surface area contributed by atoms with E-state index in [1.54, 1.807) is 0 Å².